The topological polar surface area (TPSA) is 88.5 Å². The van der Waals surface area contributed by atoms with Gasteiger partial charge < -0.3 is 15.2 Å². The number of aliphatic carboxylic acids is 1. The van der Waals surface area contributed by atoms with E-state index in [0.717, 1.165) is 5.56 Å². The van der Waals surface area contributed by atoms with Crippen molar-refractivity contribution in [3.63, 3.8) is 0 Å². The van der Waals surface area contributed by atoms with Crippen molar-refractivity contribution in [2.75, 3.05) is 6.54 Å². The summed E-state index contributed by atoms with van der Waals surface area (Å²) in [6, 6.07) is 3.61. The van der Waals surface area contributed by atoms with E-state index in [1.807, 2.05) is 6.07 Å². The van der Waals surface area contributed by atoms with Gasteiger partial charge in [-0.3, -0.25) is 9.78 Å². The molecule has 2 rings (SSSR count). The monoisotopic (exact) mass is 264 g/mol. The standard InChI is InChI=1S/C13H16N2O4/c16-12(6-9-2-1-5-14-7-9)15-8-10-3-4-11(19-10)13(17)18/h1-2,5,7,10-11H,3-4,6,8H2,(H,15,16)(H,17,18). The lowest BCUT2D eigenvalue weighted by molar-refractivity contribution is -0.149. The molecule has 102 valence electrons. The average Bonchev–Trinajstić information content (AvgIpc) is 2.86. The summed E-state index contributed by atoms with van der Waals surface area (Å²) in [7, 11) is 0. The number of pyridine rings is 1. The molecule has 1 aromatic rings. The van der Waals surface area contributed by atoms with Gasteiger partial charge in [-0.1, -0.05) is 6.07 Å². The molecule has 6 heteroatoms. The summed E-state index contributed by atoms with van der Waals surface area (Å²) in [4.78, 5) is 26.3. The molecule has 0 saturated carbocycles. The fraction of sp³-hybridized carbons (Fsp3) is 0.462. The van der Waals surface area contributed by atoms with Gasteiger partial charge in [0.15, 0.2) is 6.10 Å². The molecular weight excluding hydrogens is 248 g/mol. The molecule has 0 radical (unpaired) electrons. The Bertz CT molecular complexity index is 449. The molecule has 2 N–H and O–H groups in total. The maximum Gasteiger partial charge on any atom is 0.332 e. The van der Waals surface area contributed by atoms with E-state index < -0.39 is 12.1 Å². The Balaban J connectivity index is 1.71. The summed E-state index contributed by atoms with van der Waals surface area (Å²) >= 11 is 0. The molecule has 2 unspecified atom stereocenters. The Morgan fingerprint density at radius 2 is 2.32 bits per heavy atom. The fourth-order valence-corrected chi connectivity index (χ4v) is 2.02. The molecule has 1 amide bonds. The summed E-state index contributed by atoms with van der Waals surface area (Å²) in [5.41, 5.74) is 0.843. The highest BCUT2D eigenvalue weighted by molar-refractivity contribution is 5.78. The van der Waals surface area contributed by atoms with Gasteiger partial charge in [0.05, 0.1) is 12.5 Å². The maximum atomic E-state index is 11.7. The van der Waals surface area contributed by atoms with Crippen LogP contribution >= 0.6 is 0 Å². The van der Waals surface area contributed by atoms with Crippen molar-refractivity contribution in [2.45, 2.75) is 31.5 Å². The number of amides is 1. The highest BCUT2D eigenvalue weighted by atomic mass is 16.5. The Labute approximate surface area is 110 Å². The Kier molecular flexibility index (Phi) is 4.46. The number of hydrogen-bond donors (Lipinski definition) is 2. The van der Waals surface area contributed by atoms with Gasteiger partial charge in [-0.25, -0.2) is 4.79 Å². The van der Waals surface area contributed by atoms with E-state index in [9.17, 15) is 9.59 Å². The second kappa shape index (κ2) is 6.29. The van der Waals surface area contributed by atoms with Crippen LogP contribution in [0.2, 0.25) is 0 Å². The average molecular weight is 264 g/mol. The molecule has 1 aliphatic heterocycles. The van der Waals surface area contributed by atoms with E-state index in [1.165, 1.54) is 0 Å². The van der Waals surface area contributed by atoms with Crippen LogP contribution < -0.4 is 5.32 Å². The molecule has 1 aromatic heterocycles. The van der Waals surface area contributed by atoms with Crippen molar-refractivity contribution in [2.24, 2.45) is 0 Å². The van der Waals surface area contributed by atoms with Gasteiger partial charge in [-0.2, -0.15) is 0 Å². The van der Waals surface area contributed by atoms with Gasteiger partial charge in [-0.15, -0.1) is 0 Å². The van der Waals surface area contributed by atoms with E-state index in [4.69, 9.17) is 9.84 Å². The lowest BCUT2D eigenvalue weighted by Gasteiger charge is -2.12. The molecule has 1 fully saturated rings. The van der Waals surface area contributed by atoms with Crippen LogP contribution in [0.15, 0.2) is 24.5 Å². The van der Waals surface area contributed by atoms with E-state index in [-0.39, 0.29) is 18.4 Å². The maximum absolute atomic E-state index is 11.7. The molecule has 2 heterocycles. The highest BCUT2D eigenvalue weighted by Crippen LogP contribution is 2.19. The van der Waals surface area contributed by atoms with E-state index in [1.54, 1.807) is 18.5 Å². The third kappa shape index (κ3) is 4.03. The van der Waals surface area contributed by atoms with Gasteiger partial charge in [0.1, 0.15) is 0 Å². The number of rotatable bonds is 5. The first-order chi connectivity index (χ1) is 9.15. The smallest absolute Gasteiger partial charge is 0.332 e. The van der Waals surface area contributed by atoms with Crippen LogP contribution in [-0.2, 0) is 20.7 Å². The lowest BCUT2D eigenvalue weighted by atomic mass is 10.2. The molecule has 0 aliphatic carbocycles. The summed E-state index contributed by atoms with van der Waals surface area (Å²) in [6.45, 7) is 0.350. The molecule has 1 saturated heterocycles. The number of carbonyl (C=O) groups is 2. The van der Waals surface area contributed by atoms with Gasteiger partial charge in [0.2, 0.25) is 5.91 Å². The zero-order valence-corrected chi connectivity index (χ0v) is 10.4. The predicted molar refractivity (Wildman–Crippen MR) is 66.5 cm³/mol. The zero-order chi connectivity index (χ0) is 13.7. The van der Waals surface area contributed by atoms with Crippen LogP contribution in [-0.4, -0.2) is 40.7 Å². The van der Waals surface area contributed by atoms with Crippen molar-refractivity contribution in [1.82, 2.24) is 10.3 Å². The SMILES string of the molecule is O=C(Cc1cccnc1)NCC1CCC(C(=O)O)O1. The van der Waals surface area contributed by atoms with Gasteiger partial charge >= 0.3 is 5.97 Å². The quantitative estimate of drug-likeness (QED) is 0.802. The second-order valence-corrected chi connectivity index (χ2v) is 4.50. The third-order valence-electron chi connectivity index (χ3n) is 3.00. The van der Waals surface area contributed by atoms with Crippen molar-refractivity contribution in [1.29, 1.82) is 0 Å². The summed E-state index contributed by atoms with van der Waals surface area (Å²) in [5.74, 6) is -1.06. The number of carbonyl (C=O) groups excluding carboxylic acids is 1. The van der Waals surface area contributed by atoms with E-state index >= 15 is 0 Å². The molecule has 1 aliphatic rings. The van der Waals surface area contributed by atoms with Gasteiger partial charge in [0.25, 0.3) is 0 Å². The number of nitrogens with one attached hydrogen (secondary N) is 1. The molecule has 2 atom stereocenters. The fourth-order valence-electron chi connectivity index (χ4n) is 2.02. The number of carboxylic acid groups (broad SMARTS) is 1. The van der Waals surface area contributed by atoms with Crippen LogP contribution in [0.5, 0.6) is 0 Å². The van der Waals surface area contributed by atoms with Crippen LogP contribution in [0, 0.1) is 0 Å². The van der Waals surface area contributed by atoms with Crippen molar-refractivity contribution in [3.05, 3.63) is 30.1 Å². The van der Waals surface area contributed by atoms with E-state index in [0.29, 0.717) is 19.4 Å². The number of aromatic nitrogens is 1. The van der Waals surface area contributed by atoms with Crippen molar-refractivity contribution in [3.8, 4) is 0 Å². The number of carboxylic acids is 1. The minimum Gasteiger partial charge on any atom is -0.479 e. The molecule has 19 heavy (non-hydrogen) atoms. The Morgan fingerprint density at radius 3 is 2.95 bits per heavy atom. The van der Waals surface area contributed by atoms with Gasteiger partial charge in [0, 0.05) is 18.9 Å². The number of ether oxygens (including phenoxy) is 1. The largest absolute Gasteiger partial charge is 0.479 e. The predicted octanol–water partition coefficient (Wildman–Crippen LogP) is 0.372. The van der Waals surface area contributed by atoms with Crippen molar-refractivity contribution < 1.29 is 19.4 Å². The molecule has 0 spiro atoms. The van der Waals surface area contributed by atoms with Crippen LogP contribution in [0.3, 0.4) is 0 Å². The summed E-state index contributed by atoms with van der Waals surface area (Å²) in [6.07, 6.45) is 3.77. The minimum atomic E-state index is -0.941. The Hall–Kier alpha value is -1.95. The molecule has 6 nitrogen and oxygen atoms in total. The second-order valence-electron chi connectivity index (χ2n) is 4.50. The normalized spacial score (nSPS) is 22.1. The molecule has 0 bridgehead atoms. The minimum absolute atomic E-state index is 0.115. The van der Waals surface area contributed by atoms with Crippen LogP contribution in [0.25, 0.3) is 0 Å². The molecule has 0 aromatic carbocycles. The first-order valence-corrected chi connectivity index (χ1v) is 6.19. The number of hydrogen-bond acceptors (Lipinski definition) is 4. The highest BCUT2D eigenvalue weighted by Gasteiger charge is 2.30. The zero-order valence-electron chi connectivity index (χ0n) is 10.4. The van der Waals surface area contributed by atoms with Crippen molar-refractivity contribution >= 4 is 11.9 Å². The first-order valence-electron chi connectivity index (χ1n) is 6.19. The summed E-state index contributed by atoms with van der Waals surface area (Å²) < 4.78 is 5.30. The van der Waals surface area contributed by atoms with Crippen LogP contribution in [0.1, 0.15) is 18.4 Å². The number of nitrogens with zero attached hydrogens (tertiary/aromatic N) is 1. The third-order valence-corrected chi connectivity index (χ3v) is 3.00. The van der Waals surface area contributed by atoms with Crippen LogP contribution in [0.4, 0.5) is 0 Å². The summed E-state index contributed by atoms with van der Waals surface area (Å²) in [5, 5.41) is 11.5. The van der Waals surface area contributed by atoms with Gasteiger partial charge in [-0.05, 0) is 24.5 Å². The first kappa shape index (κ1) is 13.5. The lowest BCUT2D eigenvalue weighted by Crippen LogP contribution is -2.34. The Morgan fingerprint density at radius 1 is 1.47 bits per heavy atom. The molecular formula is C13H16N2O4. The van der Waals surface area contributed by atoms with E-state index in [2.05, 4.69) is 10.3 Å².